The van der Waals surface area contributed by atoms with Crippen LogP contribution in [0.3, 0.4) is 0 Å². The normalized spacial score (nSPS) is 10.7. The van der Waals surface area contributed by atoms with Gasteiger partial charge < -0.3 is 0 Å². The Kier molecular flexibility index (Phi) is 2.00. The third-order valence-electron chi connectivity index (χ3n) is 2.44. The van der Waals surface area contributed by atoms with E-state index in [2.05, 4.69) is 58.4 Å². The highest BCUT2D eigenvalue weighted by Gasteiger charge is 2.13. The molecule has 0 radical (unpaired) electrons. The number of rotatable bonds is 1. The zero-order valence-corrected chi connectivity index (χ0v) is 8.95. The first-order valence-electron chi connectivity index (χ1n) is 4.88. The monoisotopic (exact) mass is 212 g/mol. The van der Waals surface area contributed by atoms with Crippen LogP contribution in [0.2, 0.25) is 0 Å². The number of hydrogen-bond donors (Lipinski definition) is 0. The predicted molar refractivity (Wildman–Crippen MR) is 62.9 cm³/mol. The van der Waals surface area contributed by atoms with E-state index in [1.165, 1.54) is 16.1 Å². The largest absolute Gasteiger partial charge is 0.267 e. The van der Waals surface area contributed by atoms with E-state index < -0.39 is 0 Å². The summed E-state index contributed by atoms with van der Waals surface area (Å²) >= 11 is 1.77. The summed E-state index contributed by atoms with van der Waals surface area (Å²) in [4.78, 5) is 1.27. The van der Waals surface area contributed by atoms with Crippen LogP contribution in [-0.4, -0.2) is 0 Å². The molecule has 3 rings (SSSR count). The van der Waals surface area contributed by atoms with Crippen molar-refractivity contribution >= 4 is 16.2 Å². The van der Waals surface area contributed by atoms with Gasteiger partial charge in [-0.25, -0.2) is 0 Å². The maximum absolute atomic E-state index is 2.22. The molecule has 0 fully saturated rings. The molecular formula is C13H10NS+. The van der Waals surface area contributed by atoms with Crippen LogP contribution in [0.5, 0.6) is 0 Å². The lowest BCUT2D eigenvalue weighted by atomic mass is 10.2. The van der Waals surface area contributed by atoms with Gasteiger partial charge in [0.2, 0.25) is 5.69 Å². The number of aromatic nitrogens is 1. The topological polar surface area (TPSA) is 4.10 Å². The van der Waals surface area contributed by atoms with Crippen molar-refractivity contribution in [2.75, 3.05) is 0 Å². The number of hydrogen-bond acceptors (Lipinski definition) is 1. The molecule has 0 saturated heterocycles. The fraction of sp³-hybridized carbons (Fsp3) is 0. The van der Waals surface area contributed by atoms with E-state index in [1.54, 1.807) is 11.3 Å². The zero-order valence-electron chi connectivity index (χ0n) is 8.13. The second kappa shape index (κ2) is 3.48. The highest BCUT2D eigenvalue weighted by atomic mass is 32.1. The Labute approximate surface area is 92.3 Å². The molecule has 0 aliphatic heterocycles. The Morgan fingerprint density at radius 2 is 1.67 bits per heavy atom. The minimum atomic E-state index is 1.26. The van der Waals surface area contributed by atoms with E-state index in [0.717, 1.165) is 0 Å². The SMILES string of the molecule is c1ccc(-c2csc3cccc[n+]23)cc1. The first-order chi connectivity index (χ1) is 7.45. The molecule has 1 nitrogen and oxygen atoms in total. The van der Waals surface area contributed by atoms with Gasteiger partial charge in [-0.15, -0.1) is 0 Å². The number of fused-ring (bicyclic) bond motifs is 1. The quantitative estimate of drug-likeness (QED) is 0.546. The lowest BCUT2D eigenvalue weighted by Gasteiger charge is -1.91. The van der Waals surface area contributed by atoms with E-state index in [-0.39, 0.29) is 0 Å². The van der Waals surface area contributed by atoms with Crippen LogP contribution in [0.15, 0.2) is 60.1 Å². The van der Waals surface area contributed by atoms with E-state index in [1.807, 2.05) is 6.07 Å². The molecule has 0 bridgehead atoms. The van der Waals surface area contributed by atoms with Crippen LogP contribution in [-0.2, 0) is 0 Å². The highest BCUT2D eigenvalue weighted by Crippen LogP contribution is 2.19. The molecule has 1 aromatic carbocycles. The number of benzene rings is 1. The smallest absolute Gasteiger partial charge is 0.150 e. The maximum Gasteiger partial charge on any atom is 0.267 e. The molecule has 0 aliphatic carbocycles. The molecular weight excluding hydrogens is 202 g/mol. The Morgan fingerprint density at radius 3 is 2.53 bits per heavy atom. The van der Waals surface area contributed by atoms with Crippen molar-refractivity contribution in [1.82, 2.24) is 0 Å². The van der Waals surface area contributed by atoms with Gasteiger partial charge in [0.25, 0.3) is 4.83 Å². The van der Waals surface area contributed by atoms with Crippen LogP contribution < -0.4 is 4.40 Å². The summed E-state index contributed by atoms with van der Waals surface area (Å²) in [6, 6.07) is 16.7. The highest BCUT2D eigenvalue weighted by molar-refractivity contribution is 7.15. The molecule has 3 aromatic rings. The summed E-state index contributed by atoms with van der Waals surface area (Å²) in [5.41, 5.74) is 2.52. The van der Waals surface area contributed by atoms with Crippen molar-refractivity contribution in [3.63, 3.8) is 0 Å². The van der Waals surface area contributed by atoms with E-state index in [4.69, 9.17) is 0 Å². The van der Waals surface area contributed by atoms with E-state index >= 15 is 0 Å². The van der Waals surface area contributed by atoms with Crippen molar-refractivity contribution in [3.8, 4) is 11.3 Å². The summed E-state index contributed by atoms with van der Waals surface area (Å²) in [5.74, 6) is 0. The number of pyridine rings is 1. The van der Waals surface area contributed by atoms with Crippen molar-refractivity contribution in [3.05, 3.63) is 60.1 Å². The summed E-state index contributed by atoms with van der Waals surface area (Å²) in [5, 5.41) is 2.20. The minimum absolute atomic E-state index is 1.26. The lowest BCUT2D eigenvalue weighted by molar-refractivity contribution is -0.495. The molecule has 0 unspecified atom stereocenters. The van der Waals surface area contributed by atoms with Gasteiger partial charge in [0.15, 0.2) is 6.20 Å². The number of nitrogens with zero attached hydrogens (tertiary/aromatic N) is 1. The number of thiazole rings is 1. The van der Waals surface area contributed by atoms with Gasteiger partial charge in [-0.3, -0.25) is 0 Å². The summed E-state index contributed by atoms with van der Waals surface area (Å²) in [6.07, 6.45) is 2.11. The molecule has 0 N–H and O–H groups in total. The molecule has 0 aliphatic rings. The van der Waals surface area contributed by atoms with Gasteiger partial charge >= 0.3 is 0 Å². The first-order valence-corrected chi connectivity index (χ1v) is 5.76. The Morgan fingerprint density at radius 1 is 0.867 bits per heavy atom. The van der Waals surface area contributed by atoms with Gasteiger partial charge in [0.1, 0.15) is 0 Å². The van der Waals surface area contributed by atoms with Crippen molar-refractivity contribution in [2.45, 2.75) is 0 Å². The van der Waals surface area contributed by atoms with Gasteiger partial charge in [0, 0.05) is 17.7 Å². The second-order valence-electron chi connectivity index (χ2n) is 3.40. The maximum atomic E-state index is 2.22. The molecule has 2 aromatic heterocycles. The molecule has 0 amide bonds. The average molecular weight is 212 g/mol. The lowest BCUT2D eigenvalue weighted by Crippen LogP contribution is -2.19. The van der Waals surface area contributed by atoms with Crippen LogP contribution in [0.4, 0.5) is 0 Å². The minimum Gasteiger partial charge on any atom is -0.150 e. The van der Waals surface area contributed by atoms with Gasteiger partial charge in [0.05, 0.1) is 5.38 Å². The van der Waals surface area contributed by atoms with E-state index in [0.29, 0.717) is 0 Å². The average Bonchev–Trinajstić information content (AvgIpc) is 2.74. The molecule has 2 heterocycles. The molecule has 15 heavy (non-hydrogen) atoms. The fourth-order valence-electron chi connectivity index (χ4n) is 1.71. The van der Waals surface area contributed by atoms with Crippen LogP contribution in [0.25, 0.3) is 16.1 Å². The molecule has 2 heteroatoms. The Bertz CT molecular complexity index is 584. The van der Waals surface area contributed by atoms with Crippen LogP contribution in [0, 0.1) is 0 Å². The Hall–Kier alpha value is -1.67. The predicted octanol–water partition coefficient (Wildman–Crippen LogP) is 3.15. The fourth-order valence-corrected chi connectivity index (χ4v) is 2.62. The van der Waals surface area contributed by atoms with Gasteiger partial charge in [-0.2, -0.15) is 4.40 Å². The van der Waals surface area contributed by atoms with Crippen molar-refractivity contribution < 1.29 is 4.40 Å². The second-order valence-corrected chi connectivity index (χ2v) is 4.29. The van der Waals surface area contributed by atoms with Crippen LogP contribution in [0.1, 0.15) is 0 Å². The summed E-state index contributed by atoms with van der Waals surface area (Å²) in [6.45, 7) is 0. The third kappa shape index (κ3) is 1.43. The molecule has 72 valence electrons. The van der Waals surface area contributed by atoms with Gasteiger partial charge in [-0.05, 0) is 18.2 Å². The summed E-state index contributed by atoms with van der Waals surface area (Å²) < 4.78 is 2.22. The van der Waals surface area contributed by atoms with Crippen LogP contribution >= 0.6 is 11.3 Å². The summed E-state index contributed by atoms with van der Waals surface area (Å²) in [7, 11) is 0. The molecule has 0 atom stereocenters. The molecule has 0 saturated carbocycles. The third-order valence-corrected chi connectivity index (χ3v) is 3.36. The first kappa shape index (κ1) is 8.62. The standard InChI is InChI=1S/C13H10NS/c1-2-6-11(7-3-1)12-10-15-13-8-4-5-9-14(12)13/h1-10H/q+1. The van der Waals surface area contributed by atoms with E-state index in [9.17, 15) is 0 Å². The van der Waals surface area contributed by atoms with Crippen molar-refractivity contribution in [1.29, 1.82) is 0 Å². The van der Waals surface area contributed by atoms with Crippen molar-refractivity contribution in [2.24, 2.45) is 0 Å². The Balaban J connectivity index is 2.28. The zero-order chi connectivity index (χ0) is 10.1. The van der Waals surface area contributed by atoms with Gasteiger partial charge in [-0.1, -0.05) is 29.5 Å². The molecule has 0 spiro atoms.